The first-order valence-electron chi connectivity index (χ1n) is 5.74. The van der Waals surface area contributed by atoms with E-state index in [-0.39, 0.29) is 16.9 Å². The number of nitrogens with zero attached hydrogens (tertiary/aromatic N) is 2. The van der Waals surface area contributed by atoms with Crippen molar-refractivity contribution in [3.63, 3.8) is 0 Å². The topological polar surface area (TPSA) is 79.0 Å². The molecule has 0 aliphatic heterocycles. The lowest BCUT2D eigenvalue weighted by Crippen LogP contribution is -2.01. The molecule has 0 aliphatic carbocycles. The van der Waals surface area contributed by atoms with Crippen LogP contribution in [-0.4, -0.2) is 12.0 Å². The summed E-state index contributed by atoms with van der Waals surface area (Å²) in [6, 6.07) is 12.0. The molecule has 0 atom stereocenters. The average Bonchev–Trinajstić information content (AvgIpc) is 2.46. The maximum atomic E-state index is 11.0. The number of hydrogen-bond acceptors (Lipinski definition) is 4. The summed E-state index contributed by atoms with van der Waals surface area (Å²) in [5, 5.41) is 23.5. The predicted molar refractivity (Wildman–Crippen MR) is 77.8 cm³/mol. The maximum Gasteiger partial charge on any atom is 0.293 e. The zero-order valence-corrected chi connectivity index (χ0v) is 11.3. The van der Waals surface area contributed by atoms with Crippen LogP contribution in [0.4, 0.5) is 11.4 Å². The molecule has 0 spiro atoms. The van der Waals surface area contributed by atoms with Crippen molar-refractivity contribution in [1.29, 1.82) is 5.26 Å². The van der Waals surface area contributed by atoms with Crippen molar-refractivity contribution >= 4 is 23.0 Å². The lowest BCUT2D eigenvalue weighted by Gasteiger charge is -2.11. The summed E-state index contributed by atoms with van der Waals surface area (Å²) in [7, 11) is 1.54. The molecule has 6 heteroatoms. The summed E-state index contributed by atoms with van der Waals surface area (Å²) in [4.78, 5) is 10.5. The maximum absolute atomic E-state index is 11.0. The summed E-state index contributed by atoms with van der Waals surface area (Å²) in [5.41, 5.74) is 1.48. The van der Waals surface area contributed by atoms with Crippen LogP contribution in [0.25, 0.3) is 11.1 Å². The van der Waals surface area contributed by atoms with Gasteiger partial charge >= 0.3 is 0 Å². The van der Waals surface area contributed by atoms with Gasteiger partial charge in [0.1, 0.15) is 11.8 Å². The first kappa shape index (κ1) is 13.8. The van der Waals surface area contributed by atoms with Crippen LogP contribution in [-0.2, 0) is 0 Å². The number of nitriles is 1. The number of halogens is 1. The highest BCUT2D eigenvalue weighted by molar-refractivity contribution is 6.33. The summed E-state index contributed by atoms with van der Waals surface area (Å²) < 4.78 is 0. The van der Waals surface area contributed by atoms with E-state index in [1.165, 1.54) is 6.07 Å². The van der Waals surface area contributed by atoms with Gasteiger partial charge in [0.05, 0.1) is 10.5 Å². The lowest BCUT2D eigenvalue weighted by molar-refractivity contribution is -0.383. The van der Waals surface area contributed by atoms with E-state index in [1.807, 2.05) is 6.07 Å². The van der Waals surface area contributed by atoms with Crippen molar-refractivity contribution in [2.45, 2.75) is 0 Å². The van der Waals surface area contributed by atoms with E-state index < -0.39 is 4.92 Å². The van der Waals surface area contributed by atoms with Gasteiger partial charge < -0.3 is 5.32 Å². The van der Waals surface area contributed by atoms with Gasteiger partial charge in [0.2, 0.25) is 0 Å². The monoisotopic (exact) mass is 287 g/mol. The first-order valence-corrected chi connectivity index (χ1v) is 6.12. The van der Waals surface area contributed by atoms with Crippen LogP contribution in [0, 0.1) is 21.4 Å². The number of anilines is 1. The van der Waals surface area contributed by atoms with Gasteiger partial charge in [-0.1, -0.05) is 29.8 Å². The number of hydrogen-bond donors (Lipinski definition) is 1. The molecule has 0 saturated carbocycles. The average molecular weight is 288 g/mol. The molecule has 0 unspecified atom stereocenters. The highest BCUT2D eigenvalue weighted by atomic mass is 35.5. The van der Waals surface area contributed by atoms with Crippen molar-refractivity contribution in [3.05, 3.63) is 57.1 Å². The summed E-state index contributed by atoms with van der Waals surface area (Å²) in [5.74, 6) is 0. The van der Waals surface area contributed by atoms with E-state index in [1.54, 1.807) is 37.4 Å². The zero-order valence-electron chi connectivity index (χ0n) is 10.6. The van der Waals surface area contributed by atoms with Gasteiger partial charge in [-0.25, -0.2) is 0 Å². The molecule has 0 aliphatic rings. The van der Waals surface area contributed by atoms with Gasteiger partial charge in [-0.15, -0.1) is 0 Å². The van der Waals surface area contributed by atoms with Crippen LogP contribution in [0.3, 0.4) is 0 Å². The van der Waals surface area contributed by atoms with Gasteiger partial charge in [0.15, 0.2) is 0 Å². The smallest absolute Gasteiger partial charge is 0.293 e. The van der Waals surface area contributed by atoms with E-state index >= 15 is 0 Å². The molecule has 0 bridgehead atoms. The Bertz CT molecular complexity index is 723. The minimum atomic E-state index is -0.525. The molecule has 0 fully saturated rings. The lowest BCUT2D eigenvalue weighted by atomic mass is 9.98. The van der Waals surface area contributed by atoms with Crippen molar-refractivity contribution in [2.75, 3.05) is 12.4 Å². The van der Waals surface area contributed by atoms with E-state index in [0.717, 1.165) is 0 Å². The minimum Gasteiger partial charge on any atom is -0.381 e. The van der Waals surface area contributed by atoms with Crippen LogP contribution >= 0.6 is 11.6 Å². The zero-order chi connectivity index (χ0) is 14.7. The number of benzene rings is 2. The van der Waals surface area contributed by atoms with Gasteiger partial charge in [0, 0.05) is 29.3 Å². The number of rotatable bonds is 3. The standard InChI is InChI=1S/C14H10ClN3O2/c1-17-14-11(8-16)9(6-7-13(14)18(19)20)10-4-2-3-5-12(10)15/h2-7,17H,1H3. The van der Waals surface area contributed by atoms with E-state index in [9.17, 15) is 15.4 Å². The van der Waals surface area contributed by atoms with Crippen molar-refractivity contribution < 1.29 is 4.92 Å². The van der Waals surface area contributed by atoms with Crippen LogP contribution < -0.4 is 5.32 Å². The minimum absolute atomic E-state index is 0.139. The molecule has 2 aromatic rings. The van der Waals surface area contributed by atoms with Crippen LogP contribution in [0.1, 0.15) is 5.56 Å². The quantitative estimate of drug-likeness (QED) is 0.687. The Kier molecular flexibility index (Phi) is 3.87. The molecule has 1 N–H and O–H groups in total. The second kappa shape index (κ2) is 5.59. The Balaban J connectivity index is 2.77. The highest BCUT2D eigenvalue weighted by Gasteiger charge is 2.21. The molecular weight excluding hydrogens is 278 g/mol. The SMILES string of the molecule is CNc1c([N+](=O)[O-])ccc(-c2ccccc2Cl)c1C#N. The van der Waals surface area contributed by atoms with Crippen molar-refractivity contribution in [2.24, 2.45) is 0 Å². The Hall–Kier alpha value is -2.58. The van der Waals surface area contributed by atoms with Crippen LogP contribution in [0.15, 0.2) is 36.4 Å². The number of nitro benzene ring substituents is 1. The van der Waals surface area contributed by atoms with Gasteiger partial charge in [-0.2, -0.15) is 5.26 Å². The van der Waals surface area contributed by atoms with Crippen molar-refractivity contribution in [1.82, 2.24) is 0 Å². The number of nitrogens with one attached hydrogen (secondary N) is 1. The Morgan fingerprint density at radius 3 is 2.50 bits per heavy atom. The van der Waals surface area contributed by atoms with Crippen LogP contribution in [0.2, 0.25) is 5.02 Å². The normalized spacial score (nSPS) is 9.85. The largest absolute Gasteiger partial charge is 0.381 e. The summed E-state index contributed by atoms with van der Waals surface area (Å²) >= 11 is 6.12. The van der Waals surface area contributed by atoms with E-state index in [4.69, 9.17) is 11.6 Å². The Labute approximate surface area is 120 Å². The molecule has 0 aromatic heterocycles. The third kappa shape index (κ3) is 2.29. The molecule has 0 heterocycles. The molecule has 100 valence electrons. The van der Waals surface area contributed by atoms with Crippen LogP contribution in [0.5, 0.6) is 0 Å². The Morgan fingerprint density at radius 2 is 1.95 bits per heavy atom. The second-order valence-electron chi connectivity index (χ2n) is 3.98. The van der Waals surface area contributed by atoms with E-state index in [2.05, 4.69) is 5.32 Å². The summed E-state index contributed by atoms with van der Waals surface area (Å²) in [6.45, 7) is 0. The third-order valence-corrected chi connectivity index (χ3v) is 3.24. The Morgan fingerprint density at radius 1 is 1.25 bits per heavy atom. The molecule has 2 rings (SSSR count). The second-order valence-corrected chi connectivity index (χ2v) is 4.39. The highest BCUT2D eigenvalue weighted by Crippen LogP contribution is 2.37. The van der Waals surface area contributed by atoms with Gasteiger partial charge in [0.25, 0.3) is 5.69 Å². The van der Waals surface area contributed by atoms with Crippen molar-refractivity contribution in [3.8, 4) is 17.2 Å². The van der Waals surface area contributed by atoms with Gasteiger partial charge in [-0.3, -0.25) is 10.1 Å². The molecule has 0 saturated heterocycles. The molecular formula is C14H10ClN3O2. The molecule has 0 radical (unpaired) electrons. The molecule has 20 heavy (non-hydrogen) atoms. The number of nitro groups is 1. The molecule has 0 amide bonds. The van der Waals surface area contributed by atoms with Gasteiger partial charge in [-0.05, 0) is 12.1 Å². The summed E-state index contributed by atoms with van der Waals surface area (Å²) in [6.07, 6.45) is 0. The predicted octanol–water partition coefficient (Wildman–Crippen LogP) is 3.83. The fraction of sp³-hybridized carbons (Fsp3) is 0.0714. The fourth-order valence-corrected chi connectivity index (χ4v) is 2.25. The molecule has 5 nitrogen and oxygen atoms in total. The fourth-order valence-electron chi connectivity index (χ4n) is 2.02. The van der Waals surface area contributed by atoms with E-state index in [0.29, 0.717) is 16.1 Å². The first-order chi connectivity index (χ1) is 9.60. The molecule has 2 aromatic carbocycles. The third-order valence-electron chi connectivity index (χ3n) is 2.91.